The predicted molar refractivity (Wildman–Crippen MR) is 234 cm³/mol. The summed E-state index contributed by atoms with van der Waals surface area (Å²) in [6.07, 6.45) is 0. The molecule has 0 N–H and O–H groups in total. The first-order chi connectivity index (χ1) is 27.8. The van der Waals surface area contributed by atoms with Gasteiger partial charge in [0.25, 0.3) is 0 Å². The van der Waals surface area contributed by atoms with Gasteiger partial charge in [0.1, 0.15) is 0 Å². The highest BCUT2D eigenvalue weighted by molar-refractivity contribution is 6.29. The molecule has 0 aliphatic carbocycles. The molecule has 0 fully saturated rings. The molecule has 0 spiro atoms. The molecule has 0 saturated heterocycles. The molecule has 4 heteroatoms. The van der Waals surface area contributed by atoms with Gasteiger partial charge in [-0.15, -0.1) is 0 Å². The van der Waals surface area contributed by atoms with E-state index in [0.29, 0.717) is 0 Å². The van der Waals surface area contributed by atoms with Gasteiger partial charge in [-0.25, -0.2) is 9.97 Å². The van der Waals surface area contributed by atoms with Gasteiger partial charge in [0.05, 0.1) is 44.5 Å². The van der Waals surface area contributed by atoms with Crippen LogP contribution < -0.4 is 0 Å². The summed E-state index contributed by atoms with van der Waals surface area (Å²) in [6, 6.07) is 69.4. The van der Waals surface area contributed by atoms with Crippen LogP contribution in [0.15, 0.2) is 194 Å². The van der Waals surface area contributed by atoms with E-state index in [4.69, 9.17) is 9.97 Å². The number of hydrogen-bond acceptors (Lipinski definition) is 2. The van der Waals surface area contributed by atoms with Crippen LogP contribution in [-0.4, -0.2) is 19.1 Å². The van der Waals surface area contributed by atoms with Gasteiger partial charge in [0.2, 0.25) is 0 Å². The van der Waals surface area contributed by atoms with Crippen molar-refractivity contribution in [1.82, 2.24) is 19.1 Å². The first-order valence-corrected chi connectivity index (χ1v) is 19.1. The molecule has 260 valence electrons. The molecular weight excluding hydrogens is 681 g/mol. The van der Waals surface area contributed by atoms with Crippen LogP contribution in [0.5, 0.6) is 0 Å². The molecule has 0 amide bonds. The molecule has 0 unspecified atom stereocenters. The summed E-state index contributed by atoms with van der Waals surface area (Å²) in [6.45, 7) is 0. The zero-order valence-electron chi connectivity index (χ0n) is 30.3. The van der Waals surface area contributed by atoms with E-state index in [9.17, 15) is 0 Å². The van der Waals surface area contributed by atoms with Crippen molar-refractivity contribution in [2.45, 2.75) is 0 Å². The monoisotopic (exact) mass is 712 g/mol. The molecule has 3 aromatic heterocycles. The van der Waals surface area contributed by atoms with E-state index in [0.717, 1.165) is 66.5 Å². The highest BCUT2D eigenvalue weighted by Gasteiger charge is 2.21. The van der Waals surface area contributed by atoms with Crippen LogP contribution in [0.3, 0.4) is 0 Å². The minimum Gasteiger partial charge on any atom is -0.309 e. The Morgan fingerprint density at radius 1 is 0.321 bits per heavy atom. The normalized spacial score (nSPS) is 11.9. The molecule has 4 nitrogen and oxygen atoms in total. The van der Waals surface area contributed by atoms with Gasteiger partial charge in [0, 0.05) is 49.4 Å². The van der Waals surface area contributed by atoms with Crippen molar-refractivity contribution in [3.63, 3.8) is 0 Å². The predicted octanol–water partition coefficient (Wildman–Crippen LogP) is 13.5. The van der Waals surface area contributed by atoms with Gasteiger partial charge in [-0.05, 0) is 70.8 Å². The molecule has 0 radical (unpaired) electrons. The third kappa shape index (κ3) is 4.47. The van der Waals surface area contributed by atoms with E-state index in [1.54, 1.807) is 0 Å². The van der Waals surface area contributed by atoms with Gasteiger partial charge in [-0.2, -0.15) is 0 Å². The van der Waals surface area contributed by atoms with Crippen LogP contribution in [0.2, 0.25) is 0 Å². The van der Waals surface area contributed by atoms with Crippen molar-refractivity contribution in [3.05, 3.63) is 194 Å². The Balaban J connectivity index is 1.16. The van der Waals surface area contributed by atoms with Crippen molar-refractivity contribution in [2.24, 2.45) is 0 Å². The van der Waals surface area contributed by atoms with E-state index in [2.05, 4.69) is 191 Å². The number of hydrogen-bond donors (Lipinski definition) is 0. The molecule has 0 bridgehead atoms. The van der Waals surface area contributed by atoms with E-state index in [-0.39, 0.29) is 0 Å². The van der Waals surface area contributed by atoms with Crippen molar-refractivity contribution >= 4 is 76.2 Å². The minimum absolute atomic E-state index is 0.878. The molecule has 0 aliphatic rings. The molecule has 0 atom stereocenters. The molecule has 12 rings (SSSR count). The average molecular weight is 713 g/mol. The number of aromatic nitrogens is 4. The summed E-state index contributed by atoms with van der Waals surface area (Å²) in [5.74, 6) is 0. The molecular formula is C52H32N4. The molecule has 12 aromatic rings. The fraction of sp³-hybridized carbons (Fsp3) is 0. The smallest absolute Gasteiger partial charge is 0.0979 e. The van der Waals surface area contributed by atoms with Crippen molar-refractivity contribution in [3.8, 4) is 33.9 Å². The largest absolute Gasteiger partial charge is 0.309 e. The first-order valence-electron chi connectivity index (χ1n) is 19.1. The number of benzene rings is 9. The molecule has 0 aliphatic heterocycles. The van der Waals surface area contributed by atoms with E-state index >= 15 is 0 Å². The topological polar surface area (TPSA) is 35.6 Å². The van der Waals surface area contributed by atoms with E-state index in [1.165, 1.54) is 43.6 Å². The zero-order valence-corrected chi connectivity index (χ0v) is 30.3. The zero-order chi connectivity index (χ0) is 36.7. The number of nitrogens with zero attached hydrogens (tertiary/aromatic N) is 4. The van der Waals surface area contributed by atoms with Crippen LogP contribution in [0.1, 0.15) is 0 Å². The highest BCUT2D eigenvalue weighted by Crippen LogP contribution is 2.43. The Morgan fingerprint density at radius 3 is 1.46 bits per heavy atom. The maximum Gasteiger partial charge on any atom is 0.0979 e. The number of para-hydroxylation sites is 3. The Hall–Kier alpha value is -7.56. The molecule has 3 heterocycles. The first kappa shape index (κ1) is 30.9. The standard InChI is InChI=1S/C52H32N4/c1-4-14-35(15-5-1)50-51(36-16-6-2-7-17-36)54-52-42(53-50)29-27-34-25-24-33-26-28-38(32-41(33)47(34)52)56-44-23-13-11-21-40(44)49-46(56)31-30-45-48(49)39-20-10-12-22-43(39)55(45)37-18-8-3-9-19-37/h1-32H. The second kappa shape index (κ2) is 12.0. The van der Waals surface area contributed by atoms with Crippen LogP contribution >= 0.6 is 0 Å². The van der Waals surface area contributed by atoms with Gasteiger partial charge < -0.3 is 9.13 Å². The fourth-order valence-corrected chi connectivity index (χ4v) is 9.03. The highest BCUT2D eigenvalue weighted by atomic mass is 15.0. The van der Waals surface area contributed by atoms with Gasteiger partial charge in [-0.3, -0.25) is 0 Å². The quantitative estimate of drug-likeness (QED) is 0.170. The third-order valence-electron chi connectivity index (χ3n) is 11.5. The lowest BCUT2D eigenvalue weighted by Crippen LogP contribution is -1.97. The summed E-state index contributed by atoms with van der Waals surface area (Å²) in [5.41, 5.74) is 12.7. The molecule has 56 heavy (non-hydrogen) atoms. The lowest BCUT2D eigenvalue weighted by atomic mass is 9.98. The lowest BCUT2D eigenvalue weighted by molar-refractivity contribution is 1.17. The van der Waals surface area contributed by atoms with Gasteiger partial charge in [-0.1, -0.05) is 140 Å². The Bertz CT molecular complexity index is 3510. The maximum atomic E-state index is 5.51. The van der Waals surface area contributed by atoms with Gasteiger partial charge >= 0.3 is 0 Å². The Labute approximate surface area is 322 Å². The SMILES string of the molecule is c1ccc(-c2nc3ccc4ccc5ccc(-n6c7ccccc7c7c8c9ccccc9n(-c9ccccc9)c8ccc76)cc5c4c3nc2-c2ccccc2)cc1. The minimum atomic E-state index is 0.878. The van der Waals surface area contributed by atoms with Crippen molar-refractivity contribution < 1.29 is 0 Å². The summed E-state index contributed by atoms with van der Waals surface area (Å²) in [5, 5.41) is 9.59. The summed E-state index contributed by atoms with van der Waals surface area (Å²) in [7, 11) is 0. The summed E-state index contributed by atoms with van der Waals surface area (Å²) in [4.78, 5) is 10.9. The Morgan fingerprint density at radius 2 is 0.821 bits per heavy atom. The van der Waals surface area contributed by atoms with Crippen LogP contribution in [0.25, 0.3) is 110 Å². The number of rotatable bonds is 4. The maximum absolute atomic E-state index is 5.51. The van der Waals surface area contributed by atoms with Crippen LogP contribution in [0.4, 0.5) is 0 Å². The van der Waals surface area contributed by atoms with Crippen LogP contribution in [0, 0.1) is 0 Å². The van der Waals surface area contributed by atoms with E-state index in [1.807, 2.05) is 12.1 Å². The fourth-order valence-electron chi connectivity index (χ4n) is 9.03. The molecule has 0 saturated carbocycles. The average Bonchev–Trinajstić information content (AvgIpc) is 3.79. The van der Waals surface area contributed by atoms with Gasteiger partial charge in [0.15, 0.2) is 0 Å². The Kier molecular flexibility index (Phi) is 6.60. The number of fused-ring (bicyclic) bond motifs is 12. The van der Waals surface area contributed by atoms with E-state index < -0.39 is 0 Å². The second-order valence-corrected chi connectivity index (χ2v) is 14.5. The summed E-state index contributed by atoms with van der Waals surface area (Å²) >= 11 is 0. The van der Waals surface area contributed by atoms with Crippen molar-refractivity contribution in [1.29, 1.82) is 0 Å². The molecule has 9 aromatic carbocycles. The third-order valence-corrected chi connectivity index (χ3v) is 11.5. The van der Waals surface area contributed by atoms with Crippen molar-refractivity contribution in [2.75, 3.05) is 0 Å². The second-order valence-electron chi connectivity index (χ2n) is 14.5. The van der Waals surface area contributed by atoms with Crippen LogP contribution in [-0.2, 0) is 0 Å². The summed E-state index contributed by atoms with van der Waals surface area (Å²) < 4.78 is 4.84. The lowest BCUT2D eigenvalue weighted by Gasteiger charge is -2.14.